The van der Waals surface area contributed by atoms with Crippen molar-refractivity contribution in [3.8, 4) is 5.75 Å². The molecule has 1 saturated heterocycles. The summed E-state index contributed by atoms with van der Waals surface area (Å²) in [4.78, 5) is 28.0. The molecule has 0 aromatic heterocycles. The highest BCUT2D eigenvalue weighted by Crippen LogP contribution is 2.33. The monoisotopic (exact) mass is 346 g/mol. The van der Waals surface area contributed by atoms with Gasteiger partial charge in [0.15, 0.2) is 6.61 Å². The van der Waals surface area contributed by atoms with Crippen LogP contribution in [0.4, 0.5) is 0 Å². The van der Waals surface area contributed by atoms with Gasteiger partial charge < -0.3 is 19.6 Å². The molecule has 1 saturated carbocycles. The number of hydrogen-bond donors (Lipinski definition) is 1. The molecule has 0 radical (unpaired) electrons. The van der Waals surface area contributed by atoms with Crippen LogP contribution in [0.3, 0.4) is 0 Å². The van der Waals surface area contributed by atoms with Crippen LogP contribution in [-0.4, -0.2) is 65.1 Å². The maximum Gasteiger partial charge on any atom is 0.260 e. The van der Waals surface area contributed by atoms with Crippen LogP contribution in [0.1, 0.15) is 30.4 Å². The topological polar surface area (TPSA) is 70.1 Å². The highest BCUT2D eigenvalue weighted by molar-refractivity contribution is 5.86. The zero-order valence-corrected chi connectivity index (χ0v) is 15.0. The number of amides is 2. The first-order valence-electron chi connectivity index (χ1n) is 8.88. The van der Waals surface area contributed by atoms with Gasteiger partial charge in [-0.15, -0.1) is 0 Å². The van der Waals surface area contributed by atoms with Gasteiger partial charge in [0.2, 0.25) is 0 Å². The molecule has 1 aromatic carbocycles. The number of nitrogens with zero attached hydrogens (tertiary/aromatic N) is 2. The molecule has 0 bridgehead atoms. The average molecular weight is 346 g/mol. The standard InChI is InChI=1S/C19H26N2O4/c1-14-10-15(2)12-16(11-14)25-13-17(22)20-6-8-21(9-7-20)18(23)19(24)4-3-5-19/h10-12,24H,3-9,13H2,1-2H3. The second kappa shape index (κ2) is 7.04. The lowest BCUT2D eigenvalue weighted by Crippen LogP contribution is -2.59. The van der Waals surface area contributed by atoms with Crippen molar-refractivity contribution in [2.75, 3.05) is 32.8 Å². The number of ether oxygens (including phenoxy) is 1. The zero-order chi connectivity index (χ0) is 18.0. The molecule has 0 spiro atoms. The first kappa shape index (κ1) is 17.7. The summed E-state index contributed by atoms with van der Waals surface area (Å²) < 4.78 is 5.63. The quantitative estimate of drug-likeness (QED) is 0.891. The SMILES string of the molecule is Cc1cc(C)cc(OCC(=O)N2CCN(C(=O)C3(O)CCC3)CC2)c1. The Balaban J connectivity index is 1.47. The Morgan fingerprint density at radius 1 is 1.04 bits per heavy atom. The number of carbonyl (C=O) groups is 2. The Hall–Kier alpha value is -2.08. The molecule has 25 heavy (non-hydrogen) atoms. The van der Waals surface area contributed by atoms with Gasteiger partial charge in [-0.1, -0.05) is 6.07 Å². The van der Waals surface area contributed by atoms with Crippen molar-refractivity contribution in [2.45, 2.75) is 38.7 Å². The smallest absolute Gasteiger partial charge is 0.260 e. The van der Waals surface area contributed by atoms with Gasteiger partial charge in [0.25, 0.3) is 11.8 Å². The molecule has 1 aliphatic heterocycles. The van der Waals surface area contributed by atoms with E-state index in [9.17, 15) is 14.7 Å². The van der Waals surface area contributed by atoms with Crippen molar-refractivity contribution in [1.82, 2.24) is 9.80 Å². The largest absolute Gasteiger partial charge is 0.484 e. The van der Waals surface area contributed by atoms with Crippen LogP contribution in [0.25, 0.3) is 0 Å². The summed E-state index contributed by atoms with van der Waals surface area (Å²) in [5, 5.41) is 10.2. The molecule has 0 atom stereocenters. The number of carbonyl (C=O) groups excluding carboxylic acids is 2. The Morgan fingerprint density at radius 3 is 2.12 bits per heavy atom. The van der Waals surface area contributed by atoms with Crippen LogP contribution in [-0.2, 0) is 9.59 Å². The van der Waals surface area contributed by atoms with Gasteiger partial charge in [-0.25, -0.2) is 0 Å². The van der Waals surface area contributed by atoms with E-state index in [-0.39, 0.29) is 18.4 Å². The van der Waals surface area contributed by atoms with Crippen LogP contribution >= 0.6 is 0 Å². The number of hydrogen-bond acceptors (Lipinski definition) is 4. The number of piperazine rings is 1. The number of benzene rings is 1. The lowest BCUT2D eigenvalue weighted by molar-refractivity contribution is -0.163. The summed E-state index contributed by atoms with van der Waals surface area (Å²) in [5.41, 5.74) is 1.05. The van der Waals surface area contributed by atoms with Gasteiger partial charge in [0, 0.05) is 26.2 Å². The van der Waals surface area contributed by atoms with E-state index >= 15 is 0 Å². The summed E-state index contributed by atoms with van der Waals surface area (Å²) in [6, 6.07) is 5.88. The molecular formula is C19H26N2O4. The molecule has 3 rings (SSSR count). The van der Waals surface area contributed by atoms with E-state index in [2.05, 4.69) is 6.07 Å². The Morgan fingerprint density at radius 2 is 1.60 bits per heavy atom. The molecule has 1 heterocycles. The Kier molecular flexibility index (Phi) is 4.99. The fraction of sp³-hybridized carbons (Fsp3) is 0.579. The maximum absolute atomic E-state index is 12.3. The second-order valence-corrected chi connectivity index (χ2v) is 7.17. The fourth-order valence-electron chi connectivity index (χ4n) is 3.43. The summed E-state index contributed by atoms with van der Waals surface area (Å²) >= 11 is 0. The highest BCUT2D eigenvalue weighted by Gasteiger charge is 2.45. The number of rotatable bonds is 4. The van der Waals surface area contributed by atoms with E-state index in [0.717, 1.165) is 17.5 Å². The van der Waals surface area contributed by atoms with E-state index in [1.165, 1.54) is 0 Å². The summed E-state index contributed by atoms with van der Waals surface area (Å²) in [7, 11) is 0. The van der Waals surface area contributed by atoms with Gasteiger partial charge in [-0.2, -0.15) is 0 Å². The van der Waals surface area contributed by atoms with E-state index in [4.69, 9.17) is 4.74 Å². The van der Waals surface area contributed by atoms with Crippen molar-refractivity contribution in [2.24, 2.45) is 0 Å². The third-order valence-electron chi connectivity index (χ3n) is 5.06. The molecule has 1 aromatic rings. The Labute approximate surface area is 148 Å². The predicted molar refractivity (Wildman–Crippen MR) is 93.4 cm³/mol. The molecule has 136 valence electrons. The van der Waals surface area contributed by atoms with Crippen molar-refractivity contribution < 1.29 is 19.4 Å². The third-order valence-corrected chi connectivity index (χ3v) is 5.06. The molecule has 2 fully saturated rings. The molecule has 2 amide bonds. The Bertz CT molecular complexity index is 641. The minimum Gasteiger partial charge on any atom is -0.484 e. The van der Waals surface area contributed by atoms with Crippen LogP contribution in [0.15, 0.2) is 18.2 Å². The predicted octanol–water partition coefficient (Wildman–Crippen LogP) is 1.27. The number of aryl methyl sites for hydroxylation is 2. The lowest BCUT2D eigenvalue weighted by atomic mass is 9.79. The second-order valence-electron chi connectivity index (χ2n) is 7.17. The van der Waals surface area contributed by atoms with Crippen molar-refractivity contribution in [1.29, 1.82) is 0 Å². The maximum atomic E-state index is 12.3. The third kappa shape index (κ3) is 3.95. The fourth-order valence-corrected chi connectivity index (χ4v) is 3.43. The minimum absolute atomic E-state index is 0.000771. The normalized spacial score (nSPS) is 19.3. The lowest BCUT2D eigenvalue weighted by Gasteiger charge is -2.42. The van der Waals surface area contributed by atoms with Crippen molar-refractivity contribution in [3.05, 3.63) is 29.3 Å². The van der Waals surface area contributed by atoms with Crippen LogP contribution < -0.4 is 4.74 Å². The van der Waals surface area contributed by atoms with Gasteiger partial charge in [-0.05, 0) is 56.4 Å². The average Bonchev–Trinajstić information content (AvgIpc) is 2.56. The van der Waals surface area contributed by atoms with Crippen LogP contribution in [0.5, 0.6) is 5.75 Å². The molecule has 6 nitrogen and oxygen atoms in total. The van der Waals surface area contributed by atoms with Crippen molar-refractivity contribution >= 4 is 11.8 Å². The van der Waals surface area contributed by atoms with Gasteiger partial charge in [0.1, 0.15) is 11.4 Å². The van der Waals surface area contributed by atoms with Crippen molar-refractivity contribution in [3.63, 3.8) is 0 Å². The van der Waals surface area contributed by atoms with E-state index < -0.39 is 5.60 Å². The summed E-state index contributed by atoms with van der Waals surface area (Å²) in [6.45, 7) is 5.89. The van der Waals surface area contributed by atoms with Gasteiger partial charge in [-0.3, -0.25) is 9.59 Å². The van der Waals surface area contributed by atoms with E-state index in [0.29, 0.717) is 44.8 Å². The number of aliphatic hydroxyl groups is 1. The highest BCUT2D eigenvalue weighted by atomic mass is 16.5. The molecule has 0 unspecified atom stereocenters. The van der Waals surface area contributed by atoms with E-state index in [1.54, 1.807) is 9.80 Å². The summed E-state index contributed by atoms with van der Waals surface area (Å²) in [5.74, 6) is 0.442. The molecular weight excluding hydrogens is 320 g/mol. The minimum atomic E-state index is -1.15. The molecule has 2 aliphatic rings. The van der Waals surface area contributed by atoms with E-state index in [1.807, 2.05) is 26.0 Å². The zero-order valence-electron chi connectivity index (χ0n) is 15.0. The summed E-state index contributed by atoms with van der Waals surface area (Å²) in [6.07, 6.45) is 2.00. The first-order chi connectivity index (χ1) is 11.9. The van der Waals surface area contributed by atoms with Gasteiger partial charge >= 0.3 is 0 Å². The first-order valence-corrected chi connectivity index (χ1v) is 8.88. The van der Waals surface area contributed by atoms with Crippen LogP contribution in [0, 0.1) is 13.8 Å². The van der Waals surface area contributed by atoms with Gasteiger partial charge in [0.05, 0.1) is 0 Å². The molecule has 1 aliphatic carbocycles. The molecule has 6 heteroatoms. The molecule has 1 N–H and O–H groups in total. The van der Waals surface area contributed by atoms with Crippen LogP contribution in [0.2, 0.25) is 0 Å².